The van der Waals surface area contributed by atoms with E-state index in [1.807, 2.05) is 18.2 Å². The lowest BCUT2D eigenvalue weighted by Gasteiger charge is -2.43. The van der Waals surface area contributed by atoms with Gasteiger partial charge in [0.15, 0.2) is 5.78 Å². The van der Waals surface area contributed by atoms with Crippen LogP contribution in [0.1, 0.15) is 45.6 Å². The van der Waals surface area contributed by atoms with Gasteiger partial charge in [-0.15, -0.1) is 0 Å². The van der Waals surface area contributed by atoms with Crippen LogP contribution >= 0.6 is 0 Å². The number of ether oxygens (including phenoxy) is 1. The molecule has 164 valence electrons. The summed E-state index contributed by atoms with van der Waals surface area (Å²) in [5.74, 6) is 1.85. The Labute approximate surface area is 182 Å². The molecule has 30 heavy (non-hydrogen) atoms. The number of methoxy groups -OCH3 is 1. The van der Waals surface area contributed by atoms with E-state index in [-0.39, 0.29) is 16.9 Å². The van der Waals surface area contributed by atoms with Gasteiger partial charge in [0, 0.05) is 6.04 Å². The Bertz CT molecular complexity index is 814. The van der Waals surface area contributed by atoms with Crippen LogP contribution in [-0.4, -0.2) is 33.8 Å². The van der Waals surface area contributed by atoms with Gasteiger partial charge in [-0.05, 0) is 79.9 Å². The third-order valence-electron chi connectivity index (χ3n) is 7.02. The molecule has 1 aliphatic heterocycles. The van der Waals surface area contributed by atoms with Crippen LogP contribution < -0.4 is 10.1 Å². The lowest BCUT2D eigenvalue weighted by atomic mass is 9.67. The van der Waals surface area contributed by atoms with Gasteiger partial charge >= 0.3 is 0 Å². The van der Waals surface area contributed by atoms with Gasteiger partial charge in [0.2, 0.25) is 8.32 Å². The molecule has 2 unspecified atom stereocenters. The molecule has 0 radical (unpaired) electrons. The zero-order chi connectivity index (χ0) is 22.0. The van der Waals surface area contributed by atoms with Crippen molar-refractivity contribution in [3.8, 4) is 5.75 Å². The summed E-state index contributed by atoms with van der Waals surface area (Å²) in [6, 6.07) is 8.19. The van der Waals surface area contributed by atoms with Gasteiger partial charge in [-0.1, -0.05) is 39.3 Å². The van der Waals surface area contributed by atoms with Crippen molar-refractivity contribution >= 4 is 14.1 Å². The maximum absolute atomic E-state index is 13.4. The summed E-state index contributed by atoms with van der Waals surface area (Å²) in [7, 11) is -0.327. The van der Waals surface area contributed by atoms with Crippen LogP contribution in [0.4, 0.5) is 0 Å². The molecule has 0 spiro atoms. The summed E-state index contributed by atoms with van der Waals surface area (Å²) in [4.78, 5) is 13.4. The van der Waals surface area contributed by atoms with E-state index in [4.69, 9.17) is 9.16 Å². The molecule has 1 aromatic carbocycles. The number of carbonyl (C=O) groups is 1. The van der Waals surface area contributed by atoms with Crippen molar-refractivity contribution in [1.29, 1.82) is 0 Å². The molecule has 1 N–H and O–H groups in total. The van der Waals surface area contributed by atoms with Gasteiger partial charge in [-0.2, -0.15) is 0 Å². The summed E-state index contributed by atoms with van der Waals surface area (Å²) >= 11 is 0. The predicted molar refractivity (Wildman–Crippen MR) is 125 cm³/mol. The Kier molecular flexibility index (Phi) is 6.63. The van der Waals surface area contributed by atoms with Gasteiger partial charge in [-0.25, -0.2) is 0 Å². The molecule has 4 nitrogen and oxygen atoms in total. The number of ketones is 1. The van der Waals surface area contributed by atoms with Crippen molar-refractivity contribution in [2.24, 2.45) is 5.41 Å². The maximum Gasteiger partial charge on any atom is 0.250 e. The maximum atomic E-state index is 13.4. The highest BCUT2D eigenvalue weighted by molar-refractivity contribution is 6.74. The summed E-state index contributed by atoms with van der Waals surface area (Å²) in [6.07, 6.45) is 9.70. The molecule has 5 heteroatoms. The summed E-state index contributed by atoms with van der Waals surface area (Å²) < 4.78 is 11.9. The molecule has 1 fully saturated rings. The van der Waals surface area contributed by atoms with Gasteiger partial charge in [0.1, 0.15) is 5.75 Å². The standard InChI is InChI=1S/C25H37NO3Si/c1-24(2,3)30(5,6)29-21-14-15-23(27)25(18-21,22-9-7-8-16-26-22)17-19-10-12-20(28-4)13-11-19/h10-15,18,22,26H,7-9,16-17H2,1-6H3. The lowest BCUT2D eigenvalue weighted by Crippen LogP contribution is -2.53. The molecule has 2 atom stereocenters. The average molecular weight is 428 g/mol. The number of nitrogens with one attached hydrogen (secondary N) is 1. The van der Waals surface area contributed by atoms with Crippen LogP contribution in [0.25, 0.3) is 0 Å². The summed E-state index contributed by atoms with van der Waals surface area (Å²) in [6.45, 7) is 12.2. The van der Waals surface area contributed by atoms with Crippen LogP contribution in [0.5, 0.6) is 5.75 Å². The quantitative estimate of drug-likeness (QED) is 0.617. The first kappa shape index (κ1) is 22.8. The highest BCUT2D eigenvalue weighted by Gasteiger charge is 2.46. The number of carbonyl (C=O) groups excluding carboxylic acids is 1. The van der Waals surface area contributed by atoms with E-state index in [9.17, 15) is 4.79 Å². The monoisotopic (exact) mass is 427 g/mol. The number of piperidine rings is 1. The van der Waals surface area contributed by atoms with Crippen LogP contribution in [-0.2, 0) is 15.6 Å². The van der Waals surface area contributed by atoms with E-state index in [1.165, 1.54) is 0 Å². The normalized spacial score (nSPS) is 25.1. The molecule has 2 aliphatic rings. The molecule has 0 aromatic heterocycles. The fourth-order valence-electron chi connectivity index (χ4n) is 4.10. The van der Waals surface area contributed by atoms with Crippen LogP contribution in [0.2, 0.25) is 18.1 Å². The van der Waals surface area contributed by atoms with Gasteiger partial charge in [0.25, 0.3) is 0 Å². The van der Waals surface area contributed by atoms with Crippen LogP contribution in [0.3, 0.4) is 0 Å². The van der Waals surface area contributed by atoms with Crippen LogP contribution in [0.15, 0.2) is 48.3 Å². The van der Waals surface area contributed by atoms with Crippen molar-refractivity contribution < 1.29 is 14.0 Å². The second-order valence-corrected chi connectivity index (χ2v) is 14.9. The molecule has 0 amide bonds. The average Bonchev–Trinajstić information content (AvgIpc) is 2.70. The minimum absolute atomic E-state index is 0.102. The number of hydrogen-bond donors (Lipinski definition) is 1. The fraction of sp³-hybridized carbons (Fsp3) is 0.560. The SMILES string of the molecule is COc1ccc(CC2(C3CCCCN3)C=C(O[Si](C)(C)C(C)(C)C)C=CC2=O)cc1. The van der Waals surface area contributed by atoms with E-state index in [0.717, 1.165) is 42.9 Å². The number of hydrogen-bond acceptors (Lipinski definition) is 4. The van der Waals surface area contributed by atoms with Crippen molar-refractivity contribution in [1.82, 2.24) is 5.32 Å². The van der Waals surface area contributed by atoms with Crippen LogP contribution in [0, 0.1) is 5.41 Å². The van der Waals surface area contributed by atoms with Gasteiger partial charge in [0.05, 0.1) is 18.3 Å². The second kappa shape index (κ2) is 8.72. The minimum Gasteiger partial charge on any atom is -0.544 e. The summed E-state index contributed by atoms with van der Waals surface area (Å²) in [5.41, 5.74) is 0.510. The number of benzene rings is 1. The Morgan fingerprint density at radius 2 is 1.83 bits per heavy atom. The summed E-state index contributed by atoms with van der Waals surface area (Å²) in [5, 5.41) is 3.75. The number of allylic oxidation sites excluding steroid dienone is 2. The van der Waals surface area contributed by atoms with Gasteiger partial charge < -0.3 is 14.5 Å². The second-order valence-electron chi connectivity index (χ2n) is 10.2. The largest absolute Gasteiger partial charge is 0.544 e. The van der Waals surface area contributed by atoms with Crippen molar-refractivity contribution in [2.75, 3.05) is 13.7 Å². The van der Waals surface area contributed by atoms with Crippen molar-refractivity contribution in [3.63, 3.8) is 0 Å². The van der Waals surface area contributed by atoms with E-state index in [2.05, 4.69) is 57.4 Å². The van der Waals surface area contributed by atoms with Crippen molar-refractivity contribution in [3.05, 3.63) is 53.8 Å². The smallest absolute Gasteiger partial charge is 0.250 e. The van der Waals surface area contributed by atoms with E-state index < -0.39 is 13.7 Å². The number of rotatable bonds is 6. The first-order valence-electron chi connectivity index (χ1n) is 11.1. The molecule has 1 saturated heterocycles. The minimum atomic E-state index is -2.00. The zero-order valence-electron chi connectivity index (χ0n) is 19.4. The van der Waals surface area contributed by atoms with Gasteiger partial charge in [-0.3, -0.25) is 4.79 Å². The highest BCUT2D eigenvalue weighted by atomic mass is 28.4. The highest BCUT2D eigenvalue weighted by Crippen LogP contribution is 2.42. The molecule has 1 aliphatic carbocycles. The molecule has 1 heterocycles. The molecule has 0 bridgehead atoms. The van der Waals surface area contributed by atoms with Crippen molar-refractivity contribution in [2.45, 2.75) is 70.6 Å². The molecular formula is C25H37NO3Si. The molecule has 1 aromatic rings. The molecular weight excluding hydrogens is 390 g/mol. The third-order valence-corrected chi connectivity index (χ3v) is 11.4. The predicted octanol–water partition coefficient (Wildman–Crippen LogP) is 5.41. The van der Waals surface area contributed by atoms with E-state index in [0.29, 0.717) is 6.42 Å². The van der Waals surface area contributed by atoms with E-state index in [1.54, 1.807) is 13.2 Å². The Morgan fingerprint density at radius 3 is 2.40 bits per heavy atom. The zero-order valence-corrected chi connectivity index (χ0v) is 20.4. The molecule has 0 saturated carbocycles. The van der Waals surface area contributed by atoms with E-state index >= 15 is 0 Å². The first-order chi connectivity index (χ1) is 14.1. The first-order valence-corrected chi connectivity index (χ1v) is 14.0. The third kappa shape index (κ3) is 4.73. The fourth-order valence-corrected chi connectivity index (χ4v) is 5.13. The molecule has 3 rings (SSSR count). The Balaban J connectivity index is 1.99. The topological polar surface area (TPSA) is 47.6 Å². The Morgan fingerprint density at radius 1 is 1.13 bits per heavy atom. The lowest BCUT2D eigenvalue weighted by molar-refractivity contribution is -0.123. The Hall–Kier alpha value is -1.85.